The molecule has 1 unspecified atom stereocenters. The normalized spacial score (nSPS) is 12.8. The highest BCUT2D eigenvalue weighted by Gasteiger charge is 2.30. The summed E-state index contributed by atoms with van der Waals surface area (Å²) < 4.78 is 58.0. The van der Waals surface area contributed by atoms with Crippen molar-refractivity contribution in [3.63, 3.8) is 0 Å². The Morgan fingerprint density at radius 3 is 2.50 bits per heavy atom. The number of nitrogens with one attached hydrogen (secondary N) is 1. The topological polar surface area (TPSA) is 54.5 Å². The summed E-state index contributed by atoms with van der Waals surface area (Å²) in [6.45, 7) is 1.67. The van der Waals surface area contributed by atoms with Crippen molar-refractivity contribution in [1.29, 1.82) is 0 Å². The number of hydrogen-bond donors (Lipinski definition) is 1. The Kier molecular flexibility index (Phi) is 5.93. The van der Waals surface area contributed by atoms with Crippen molar-refractivity contribution in [3.05, 3.63) is 65.6 Å². The molecule has 1 aromatic heterocycles. The van der Waals surface area contributed by atoms with Gasteiger partial charge in [-0.15, -0.1) is 0 Å². The van der Waals surface area contributed by atoms with Crippen molar-refractivity contribution in [3.8, 4) is 0 Å². The van der Waals surface area contributed by atoms with Gasteiger partial charge in [-0.2, -0.15) is 13.2 Å². The number of aromatic nitrogens is 1. The summed E-state index contributed by atoms with van der Waals surface area (Å²) in [5.41, 5.74) is -0.0685. The Bertz CT molecular complexity index is 1080. The van der Waals surface area contributed by atoms with Crippen LogP contribution in [0, 0.1) is 5.82 Å². The van der Waals surface area contributed by atoms with Gasteiger partial charge < -0.3 is 10.1 Å². The van der Waals surface area contributed by atoms with Crippen molar-refractivity contribution in [2.45, 2.75) is 19.3 Å². The lowest BCUT2D eigenvalue weighted by atomic mass is 10.1. The summed E-state index contributed by atoms with van der Waals surface area (Å²) in [7, 11) is 3.45. The first-order chi connectivity index (χ1) is 14.1. The van der Waals surface area contributed by atoms with Gasteiger partial charge in [0.15, 0.2) is 6.23 Å². The minimum absolute atomic E-state index is 0.0411. The first-order valence-electron chi connectivity index (χ1n) is 8.96. The fraction of sp³-hybridized carbons (Fsp3) is 0.238. The van der Waals surface area contributed by atoms with Crippen LogP contribution < -0.4 is 5.32 Å². The summed E-state index contributed by atoms with van der Waals surface area (Å²) >= 11 is 0. The van der Waals surface area contributed by atoms with E-state index in [4.69, 9.17) is 4.74 Å². The van der Waals surface area contributed by atoms with Crippen LogP contribution in [0.1, 0.15) is 22.8 Å². The second-order valence-corrected chi connectivity index (χ2v) is 6.87. The van der Waals surface area contributed by atoms with Gasteiger partial charge in [0.25, 0.3) is 0 Å². The minimum atomic E-state index is -4.49. The Balaban J connectivity index is 1.98. The van der Waals surface area contributed by atoms with Crippen molar-refractivity contribution in [1.82, 2.24) is 9.88 Å². The van der Waals surface area contributed by atoms with E-state index < -0.39 is 29.8 Å². The monoisotopic (exact) mass is 421 g/mol. The number of nitrogens with zero attached hydrogens (tertiary/aromatic N) is 2. The molecule has 0 aliphatic rings. The van der Waals surface area contributed by atoms with Gasteiger partial charge in [0.05, 0.1) is 22.3 Å². The second kappa shape index (κ2) is 8.27. The summed E-state index contributed by atoms with van der Waals surface area (Å²) in [4.78, 5) is 18.2. The molecule has 30 heavy (non-hydrogen) atoms. The summed E-state index contributed by atoms with van der Waals surface area (Å²) in [6.07, 6.45) is -3.69. The van der Waals surface area contributed by atoms with Crippen LogP contribution in [0.4, 0.5) is 28.9 Å². The molecule has 3 rings (SSSR count). The standard InChI is InChI=1S/C21H19F4N3O2/c1-12(28(2)3)30-20(29)16-11-14(22)5-7-17(16)27-18-8-9-26-19-10-13(21(23,24)25)4-6-15(18)19/h4-12H,1-3H3,(H,26,27). The second-order valence-electron chi connectivity index (χ2n) is 6.87. The van der Waals surface area contributed by atoms with Crippen molar-refractivity contribution in [2.75, 3.05) is 19.4 Å². The molecule has 1 heterocycles. The number of carbonyl (C=O) groups is 1. The van der Waals surface area contributed by atoms with E-state index in [2.05, 4.69) is 10.3 Å². The van der Waals surface area contributed by atoms with E-state index in [0.717, 1.165) is 18.2 Å². The molecular weight excluding hydrogens is 402 g/mol. The zero-order valence-corrected chi connectivity index (χ0v) is 16.4. The molecule has 1 atom stereocenters. The summed E-state index contributed by atoms with van der Waals surface area (Å²) in [5, 5.41) is 3.39. The van der Waals surface area contributed by atoms with Gasteiger partial charge in [-0.05, 0) is 57.4 Å². The van der Waals surface area contributed by atoms with Gasteiger partial charge in [0.2, 0.25) is 0 Å². The molecule has 1 N–H and O–H groups in total. The minimum Gasteiger partial charge on any atom is -0.443 e. The molecule has 0 saturated heterocycles. The number of ether oxygens (including phenoxy) is 1. The van der Waals surface area contributed by atoms with Crippen LogP contribution in [0.5, 0.6) is 0 Å². The first-order valence-corrected chi connectivity index (χ1v) is 8.96. The molecule has 0 fully saturated rings. The predicted molar refractivity (Wildman–Crippen MR) is 105 cm³/mol. The van der Waals surface area contributed by atoms with Crippen LogP contribution in [0.2, 0.25) is 0 Å². The van der Waals surface area contributed by atoms with Crippen molar-refractivity contribution < 1.29 is 27.1 Å². The Labute approximate surface area is 170 Å². The smallest absolute Gasteiger partial charge is 0.416 e. The molecule has 0 bridgehead atoms. The lowest BCUT2D eigenvalue weighted by Crippen LogP contribution is -2.30. The first kappa shape index (κ1) is 21.5. The number of hydrogen-bond acceptors (Lipinski definition) is 5. The Hall–Kier alpha value is -3.20. The number of carbonyl (C=O) groups excluding carboxylic acids is 1. The van der Waals surface area contributed by atoms with Gasteiger partial charge in [0.1, 0.15) is 5.82 Å². The summed E-state index contributed by atoms with van der Waals surface area (Å²) in [6, 6.07) is 8.31. The molecule has 2 aromatic carbocycles. The zero-order valence-electron chi connectivity index (χ0n) is 16.4. The van der Waals surface area contributed by atoms with Crippen LogP contribution in [-0.2, 0) is 10.9 Å². The zero-order chi connectivity index (χ0) is 22.1. The molecule has 0 spiro atoms. The van der Waals surface area contributed by atoms with Crippen LogP contribution in [0.15, 0.2) is 48.7 Å². The quantitative estimate of drug-likeness (QED) is 0.349. The molecule has 0 aliphatic carbocycles. The number of pyridine rings is 1. The molecule has 3 aromatic rings. The molecule has 5 nitrogen and oxygen atoms in total. The van der Waals surface area contributed by atoms with Crippen LogP contribution in [0.25, 0.3) is 10.9 Å². The third-order valence-corrected chi connectivity index (χ3v) is 4.55. The van der Waals surface area contributed by atoms with Gasteiger partial charge in [-0.3, -0.25) is 9.88 Å². The lowest BCUT2D eigenvalue weighted by Gasteiger charge is -2.21. The van der Waals surface area contributed by atoms with E-state index in [9.17, 15) is 22.4 Å². The number of esters is 1. The van der Waals surface area contributed by atoms with Gasteiger partial charge in [0, 0.05) is 17.3 Å². The molecule has 9 heteroatoms. The number of benzene rings is 2. The molecule has 0 aliphatic heterocycles. The predicted octanol–water partition coefficient (Wildman–Crippen LogP) is 5.20. The number of halogens is 4. The van der Waals surface area contributed by atoms with Crippen LogP contribution in [0.3, 0.4) is 0 Å². The third-order valence-electron chi connectivity index (χ3n) is 4.55. The fourth-order valence-corrected chi connectivity index (χ4v) is 2.70. The van der Waals surface area contributed by atoms with E-state index in [1.165, 1.54) is 24.4 Å². The highest BCUT2D eigenvalue weighted by atomic mass is 19.4. The highest BCUT2D eigenvalue weighted by molar-refractivity contribution is 5.99. The van der Waals surface area contributed by atoms with E-state index >= 15 is 0 Å². The molecule has 0 saturated carbocycles. The van der Waals surface area contributed by atoms with Crippen LogP contribution >= 0.6 is 0 Å². The average Bonchev–Trinajstić information content (AvgIpc) is 2.68. The van der Waals surface area contributed by atoms with Crippen molar-refractivity contribution >= 4 is 28.2 Å². The Morgan fingerprint density at radius 1 is 1.10 bits per heavy atom. The lowest BCUT2D eigenvalue weighted by molar-refractivity contribution is -0.137. The van der Waals surface area contributed by atoms with E-state index in [1.807, 2.05) is 0 Å². The summed E-state index contributed by atoms with van der Waals surface area (Å²) in [5.74, 6) is -1.37. The van der Waals surface area contributed by atoms with Gasteiger partial charge in [-0.1, -0.05) is 6.07 Å². The Morgan fingerprint density at radius 2 is 1.83 bits per heavy atom. The molecule has 158 valence electrons. The maximum Gasteiger partial charge on any atom is 0.416 e. The average molecular weight is 421 g/mol. The number of rotatable bonds is 5. The van der Waals surface area contributed by atoms with Gasteiger partial charge >= 0.3 is 12.1 Å². The SMILES string of the molecule is CC(OC(=O)c1cc(F)ccc1Nc1ccnc2cc(C(F)(F)F)ccc12)N(C)C. The van der Waals surface area contributed by atoms with E-state index in [-0.39, 0.29) is 16.8 Å². The van der Waals surface area contributed by atoms with E-state index in [1.54, 1.807) is 32.0 Å². The number of fused-ring (bicyclic) bond motifs is 1. The molecular formula is C21H19F4N3O2. The number of alkyl halides is 3. The van der Waals surface area contributed by atoms with Crippen LogP contribution in [-0.4, -0.2) is 36.2 Å². The van der Waals surface area contributed by atoms with Gasteiger partial charge in [-0.25, -0.2) is 9.18 Å². The van der Waals surface area contributed by atoms with Crippen molar-refractivity contribution in [2.24, 2.45) is 0 Å². The molecule has 0 radical (unpaired) electrons. The third kappa shape index (κ3) is 4.68. The fourth-order valence-electron chi connectivity index (χ4n) is 2.70. The van der Waals surface area contributed by atoms with E-state index in [0.29, 0.717) is 11.1 Å². The largest absolute Gasteiger partial charge is 0.443 e. The molecule has 0 amide bonds. The number of anilines is 2. The maximum atomic E-state index is 13.8. The highest BCUT2D eigenvalue weighted by Crippen LogP contribution is 2.34. The maximum absolute atomic E-state index is 13.8.